The van der Waals surface area contributed by atoms with Gasteiger partial charge in [-0.3, -0.25) is 0 Å². The quantitative estimate of drug-likeness (QED) is 0.672. The Morgan fingerprint density at radius 3 is 2.79 bits per heavy atom. The van der Waals surface area contributed by atoms with E-state index in [1.54, 1.807) is 18.2 Å². The number of nitrogens with zero attached hydrogens (tertiary/aromatic N) is 3. The average Bonchev–Trinajstić information content (AvgIpc) is 2.75. The first-order chi connectivity index (χ1) is 13.7. The number of carbonyl (C=O) groups is 1. The van der Waals surface area contributed by atoms with Crippen molar-refractivity contribution >= 4 is 34.7 Å². The highest BCUT2D eigenvalue weighted by Gasteiger charge is 2.22. The highest BCUT2D eigenvalue weighted by Crippen LogP contribution is 2.37. The predicted octanol–water partition coefficient (Wildman–Crippen LogP) is 3.67. The van der Waals surface area contributed by atoms with Crippen LogP contribution in [0.4, 0.5) is 28.7 Å². The van der Waals surface area contributed by atoms with Crippen molar-refractivity contribution in [3.05, 3.63) is 66.0 Å². The lowest BCUT2D eigenvalue weighted by atomic mass is 10.0. The fourth-order valence-electron chi connectivity index (χ4n) is 3.46. The minimum absolute atomic E-state index is 0.410. The van der Waals surface area contributed by atoms with Crippen LogP contribution in [-0.2, 0) is 11.2 Å². The smallest absolute Gasteiger partial charge is 0.339 e. The number of nitrogen functional groups attached to an aromatic ring is 1. The lowest BCUT2D eigenvalue weighted by Gasteiger charge is -2.31. The van der Waals surface area contributed by atoms with Crippen LogP contribution in [0.25, 0.3) is 0 Å². The summed E-state index contributed by atoms with van der Waals surface area (Å²) in [5.41, 5.74) is 10.2. The first-order valence-electron chi connectivity index (χ1n) is 9.09. The zero-order valence-corrected chi connectivity index (χ0v) is 15.6. The third-order valence-electron chi connectivity index (χ3n) is 4.81. The molecule has 2 aromatic carbocycles. The van der Waals surface area contributed by atoms with Crippen LogP contribution in [0.1, 0.15) is 22.3 Å². The molecule has 142 valence electrons. The molecular weight excluding hydrogens is 354 g/mol. The number of hydrogen-bond acceptors (Lipinski definition) is 7. The number of ether oxygens (including phenoxy) is 1. The molecule has 0 bridgehead atoms. The highest BCUT2D eigenvalue weighted by atomic mass is 16.5. The van der Waals surface area contributed by atoms with Crippen LogP contribution in [-0.4, -0.2) is 29.6 Å². The molecule has 3 aromatic rings. The molecule has 0 aliphatic carbocycles. The first kappa shape index (κ1) is 17.8. The molecule has 1 aliphatic heterocycles. The van der Waals surface area contributed by atoms with Gasteiger partial charge >= 0.3 is 5.97 Å². The summed E-state index contributed by atoms with van der Waals surface area (Å²) in [6.07, 6.45) is 3.54. The number of rotatable bonds is 4. The van der Waals surface area contributed by atoms with E-state index >= 15 is 0 Å². The molecule has 4 rings (SSSR count). The topological polar surface area (TPSA) is 93.4 Å². The van der Waals surface area contributed by atoms with Crippen LogP contribution in [0.5, 0.6) is 0 Å². The van der Waals surface area contributed by atoms with Gasteiger partial charge in [-0.2, -0.15) is 0 Å². The van der Waals surface area contributed by atoms with Gasteiger partial charge in [-0.25, -0.2) is 14.8 Å². The number of carbonyl (C=O) groups excluding carboxylic acids is 1. The van der Waals surface area contributed by atoms with Crippen LogP contribution in [0, 0.1) is 0 Å². The van der Waals surface area contributed by atoms with E-state index in [2.05, 4.69) is 32.3 Å². The fourth-order valence-corrected chi connectivity index (χ4v) is 3.46. The van der Waals surface area contributed by atoms with Crippen LogP contribution in [0.2, 0.25) is 0 Å². The molecule has 1 aromatic heterocycles. The monoisotopic (exact) mass is 375 g/mol. The van der Waals surface area contributed by atoms with Crippen molar-refractivity contribution in [2.75, 3.05) is 29.6 Å². The Hall–Kier alpha value is -3.61. The van der Waals surface area contributed by atoms with E-state index in [1.165, 1.54) is 19.0 Å². The molecule has 7 heteroatoms. The second kappa shape index (κ2) is 7.56. The number of nitrogens with one attached hydrogen (secondary N) is 1. The number of methoxy groups -OCH3 is 1. The molecule has 0 saturated carbocycles. The number of fused-ring (bicyclic) bond motifs is 1. The van der Waals surface area contributed by atoms with Crippen LogP contribution in [0.3, 0.4) is 0 Å². The number of anilines is 5. The summed E-state index contributed by atoms with van der Waals surface area (Å²) in [7, 11) is 1.35. The van der Waals surface area contributed by atoms with Crippen molar-refractivity contribution < 1.29 is 9.53 Å². The molecule has 28 heavy (non-hydrogen) atoms. The number of aromatic nitrogens is 2. The molecular formula is C21H21N5O2. The van der Waals surface area contributed by atoms with E-state index < -0.39 is 5.97 Å². The molecule has 0 atom stereocenters. The minimum Gasteiger partial charge on any atom is -0.465 e. The van der Waals surface area contributed by atoms with E-state index in [1.807, 2.05) is 18.2 Å². The molecule has 0 fully saturated rings. The largest absolute Gasteiger partial charge is 0.465 e. The van der Waals surface area contributed by atoms with E-state index in [0.717, 1.165) is 25.1 Å². The maximum Gasteiger partial charge on any atom is 0.339 e. The third-order valence-corrected chi connectivity index (χ3v) is 4.81. The van der Waals surface area contributed by atoms with E-state index in [-0.39, 0.29) is 0 Å². The van der Waals surface area contributed by atoms with Crippen LogP contribution >= 0.6 is 0 Å². The van der Waals surface area contributed by atoms with Crippen molar-refractivity contribution in [2.45, 2.75) is 12.8 Å². The summed E-state index contributed by atoms with van der Waals surface area (Å²) < 4.78 is 4.85. The molecule has 2 heterocycles. The van der Waals surface area contributed by atoms with E-state index in [4.69, 9.17) is 10.5 Å². The van der Waals surface area contributed by atoms with E-state index in [9.17, 15) is 4.79 Å². The number of benzene rings is 2. The van der Waals surface area contributed by atoms with Gasteiger partial charge in [-0.05, 0) is 36.6 Å². The van der Waals surface area contributed by atoms with Gasteiger partial charge in [-0.1, -0.05) is 30.3 Å². The van der Waals surface area contributed by atoms with Crippen molar-refractivity contribution in [1.82, 2.24) is 9.97 Å². The second-order valence-corrected chi connectivity index (χ2v) is 6.51. The summed E-state index contributed by atoms with van der Waals surface area (Å²) in [4.78, 5) is 22.9. The number of aryl methyl sites for hydroxylation is 1. The molecule has 0 radical (unpaired) electrons. The van der Waals surface area contributed by atoms with Gasteiger partial charge in [0.1, 0.15) is 12.0 Å². The van der Waals surface area contributed by atoms with Gasteiger partial charge in [-0.15, -0.1) is 0 Å². The van der Waals surface area contributed by atoms with Gasteiger partial charge in [0.2, 0.25) is 0 Å². The standard InChI is InChI=1S/C21H21N5O2/c1-28-21(27)15-9-3-4-10-16(15)25-19-18(22)20(24-13-23-19)26-12-6-8-14-7-2-5-11-17(14)26/h2-5,7,9-11,13H,6,8,12,22H2,1H3,(H,23,24,25). The predicted molar refractivity (Wildman–Crippen MR) is 109 cm³/mol. The van der Waals surface area contributed by atoms with Crippen molar-refractivity contribution in [3.8, 4) is 0 Å². The van der Waals surface area contributed by atoms with Crippen molar-refractivity contribution in [1.29, 1.82) is 0 Å². The Kier molecular flexibility index (Phi) is 4.80. The number of para-hydroxylation sites is 2. The summed E-state index contributed by atoms with van der Waals surface area (Å²) in [6.45, 7) is 0.830. The average molecular weight is 375 g/mol. The van der Waals surface area contributed by atoms with Gasteiger partial charge in [0, 0.05) is 12.2 Å². The number of esters is 1. The van der Waals surface area contributed by atoms with Crippen LogP contribution in [0.15, 0.2) is 54.9 Å². The molecule has 0 amide bonds. The Morgan fingerprint density at radius 2 is 1.93 bits per heavy atom. The van der Waals surface area contributed by atoms with Crippen LogP contribution < -0.4 is 16.0 Å². The Labute approximate surface area is 163 Å². The highest BCUT2D eigenvalue weighted by molar-refractivity contribution is 5.97. The summed E-state index contributed by atoms with van der Waals surface area (Å²) in [5, 5.41) is 3.16. The Morgan fingerprint density at radius 1 is 1.14 bits per heavy atom. The molecule has 0 unspecified atom stereocenters. The third kappa shape index (κ3) is 3.22. The van der Waals surface area contributed by atoms with Crippen molar-refractivity contribution in [3.63, 3.8) is 0 Å². The zero-order chi connectivity index (χ0) is 19.5. The molecule has 1 aliphatic rings. The summed E-state index contributed by atoms with van der Waals surface area (Å²) in [6, 6.07) is 15.3. The van der Waals surface area contributed by atoms with Gasteiger partial charge in [0.05, 0.1) is 18.4 Å². The molecule has 7 nitrogen and oxygen atoms in total. The van der Waals surface area contributed by atoms with Gasteiger partial charge in [0.25, 0.3) is 0 Å². The second-order valence-electron chi connectivity index (χ2n) is 6.51. The first-order valence-corrected chi connectivity index (χ1v) is 9.09. The number of hydrogen-bond donors (Lipinski definition) is 2. The fraction of sp³-hybridized carbons (Fsp3) is 0.190. The van der Waals surface area contributed by atoms with Gasteiger partial charge in [0.15, 0.2) is 11.6 Å². The molecule has 0 spiro atoms. The normalized spacial score (nSPS) is 13.0. The summed E-state index contributed by atoms with van der Waals surface area (Å²) in [5.74, 6) is 0.672. The summed E-state index contributed by atoms with van der Waals surface area (Å²) >= 11 is 0. The maximum absolute atomic E-state index is 12.0. The maximum atomic E-state index is 12.0. The van der Waals surface area contributed by atoms with Gasteiger partial charge < -0.3 is 20.7 Å². The zero-order valence-electron chi connectivity index (χ0n) is 15.6. The Balaban J connectivity index is 1.71. The number of nitrogens with two attached hydrogens (primary N) is 1. The van der Waals surface area contributed by atoms with Crippen molar-refractivity contribution in [2.24, 2.45) is 0 Å². The molecule has 0 saturated heterocycles. The minimum atomic E-state index is -0.430. The van der Waals surface area contributed by atoms with E-state index in [0.29, 0.717) is 28.6 Å². The Bertz CT molecular complexity index is 1020. The lowest BCUT2D eigenvalue weighted by molar-refractivity contribution is 0.0602. The lowest BCUT2D eigenvalue weighted by Crippen LogP contribution is -2.26. The SMILES string of the molecule is COC(=O)c1ccccc1Nc1ncnc(N2CCCc3ccccc32)c1N. The molecule has 3 N–H and O–H groups in total.